The number of ether oxygens (including phenoxy) is 2. The van der Waals surface area contributed by atoms with Crippen molar-refractivity contribution in [2.75, 3.05) is 47.4 Å². The highest BCUT2D eigenvalue weighted by atomic mass is 16.5. The van der Waals surface area contributed by atoms with Gasteiger partial charge in [0.15, 0.2) is 0 Å². The Balaban J connectivity index is 2.39. The van der Waals surface area contributed by atoms with Crippen LogP contribution in [0.15, 0.2) is 0 Å². The molecule has 0 aliphatic carbocycles. The maximum absolute atomic E-state index is 11.9. The van der Waals surface area contributed by atoms with Crippen molar-refractivity contribution in [1.29, 1.82) is 5.26 Å². The number of carbonyl (C=O) groups excluding carboxylic acids is 1. The van der Waals surface area contributed by atoms with Gasteiger partial charge in [-0.3, -0.25) is 9.69 Å². The number of carbonyl (C=O) groups is 1. The summed E-state index contributed by atoms with van der Waals surface area (Å²) in [4.78, 5) is 15.5. The van der Waals surface area contributed by atoms with Crippen LogP contribution >= 0.6 is 0 Å². The van der Waals surface area contributed by atoms with Gasteiger partial charge in [0.1, 0.15) is 0 Å². The molecule has 2 unspecified atom stereocenters. The van der Waals surface area contributed by atoms with Crippen LogP contribution in [0, 0.1) is 11.3 Å². The molecule has 18 heavy (non-hydrogen) atoms. The SMILES string of the molecule is COC1CN(CC(=O)N(C)CCC#N)CC1OC. The Morgan fingerprint density at radius 1 is 1.39 bits per heavy atom. The number of amides is 1. The normalized spacial score (nSPS) is 23.9. The Bertz CT molecular complexity index is 304. The first-order valence-electron chi connectivity index (χ1n) is 6.01. The van der Waals surface area contributed by atoms with Crippen LogP contribution in [0.25, 0.3) is 0 Å². The fourth-order valence-corrected chi connectivity index (χ4v) is 2.05. The van der Waals surface area contributed by atoms with E-state index in [-0.39, 0.29) is 18.1 Å². The van der Waals surface area contributed by atoms with Gasteiger partial charge in [-0.05, 0) is 0 Å². The fourth-order valence-electron chi connectivity index (χ4n) is 2.05. The van der Waals surface area contributed by atoms with Gasteiger partial charge in [-0.2, -0.15) is 5.26 Å². The van der Waals surface area contributed by atoms with Gasteiger partial charge in [0.25, 0.3) is 0 Å². The average molecular weight is 255 g/mol. The summed E-state index contributed by atoms with van der Waals surface area (Å²) in [6, 6.07) is 2.03. The largest absolute Gasteiger partial charge is 0.377 e. The summed E-state index contributed by atoms with van der Waals surface area (Å²) in [5.41, 5.74) is 0. The number of hydrogen-bond acceptors (Lipinski definition) is 5. The van der Waals surface area contributed by atoms with E-state index in [4.69, 9.17) is 14.7 Å². The van der Waals surface area contributed by atoms with Crippen molar-refractivity contribution in [2.45, 2.75) is 18.6 Å². The second-order valence-electron chi connectivity index (χ2n) is 4.47. The molecule has 0 aromatic heterocycles. The van der Waals surface area contributed by atoms with Crippen molar-refractivity contribution in [2.24, 2.45) is 0 Å². The lowest BCUT2D eigenvalue weighted by Crippen LogP contribution is -2.38. The molecule has 1 aliphatic rings. The zero-order valence-corrected chi connectivity index (χ0v) is 11.3. The number of hydrogen-bond donors (Lipinski definition) is 0. The molecule has 1 heterocycles. The van der Waals surface area contributed by atoms with Crippen molar-refractivity contribution < 1.29 is 14.3 Å². The lowest BCUT2D eigenvalue weighted by atomic mass is 10.3. The summed E-state index contributed by atoms with van der Waals surface area (Å²) >= 11 is 0. The molecular formula is C12H21N3O3. The van der Waals surface area contributed by atoms with E-state index in [9.17, 15) is 4.79 Å². The molecule has 1 saturated heterocycles. The Morgan fingerprint density at radius 2 is 1.94 bits per heavy atom. The molecule has 0 N–H and O–H groups in total. The monoisotopic (exact) mass is 255 g/mol. The first-order chi connectivity index (χ1) is 8.62. The summed E-state index contributed by atoms with van der Waals surface area (Å²) in [7, 11) is 5.03. The van der Waals surface area contributed by atoms with Gasteiger partial charge in [0, 0.05) is 40.9 Å². The summed E-state index contributed by atoms with van der Waals surface area (Å²) in [5.74, 6) is 0.0249. The maximum Gasteiger partial charge on any atom is 0.236 e. The molecule has 1 fully saturated rings. The van der Waals surface area contributed by atoms with E-state index in [1.165, 1.54) is 0 Å². The summed E-state index contributed by atoms with van der Waals surface area (Å²) in [6.07, 6.45) is 0.406. The van der Waals surface area contributed by atoms with E-state index in [1.807, 2.05) is 11.0 Å². The number of nitriles is 1. The highest BCUT2D eigenvalue weighted by Crippen LogP contribution is 2.15. The Morgan fingerprint density at radius 3 is 2.39 bits per heavy atom. The van der Waals surface area contributed by atoms with Crippen LogP contribution in [0.4, 0.5) is 0 Å². The van der Waals surface area contributed by atoms with Gasteiger partial charge in [0.2, 0.25) is 5.91 Å². The van der Waals surface area contributed by atoms with Crippen LogP contribution in [-0.2, 0) is 14.3 Å². The molecule has 1 rings (SSSR count). The third-order valence-corrected chi connectivity index (χ3v) is 3.24. The molecule has 2 atom stereocenters. The molecule has 102 valence electrons. The first-order valence-corrected chi connectivity index (χ1v) is 6.01. The number of nitrogens with zero attached hydrogens (tertiary/aromatic N) is 3. The topological polar surface area (TPSA) is 65.8 Å². The van der Waals surface area contributed by atoms with Crippen LogP contribution in [0.3, 0.4) is 0 Å². The highest BCUT2D eigenvalue weighted by molar-refractivity contribution is 5.78. The molecule has 0 aromatic rings. The van der Waals surface area contributed by atoms with Crippen molar-refractivity contribution in [3.8, 4) is 6.07 Å². The number of likely N-dealkylation sites (tertiary alicyclic amines) is 1. The molecule has 1 amide bonds. The molecule has 1 aliphatic heterocycles. The quantitative estimate of drug-likeness (QED) is 0.652. The Kier molecular flexibility index (Phi) is 6.05. The number of methoxy groups -OCH3 is 2. The maximum atomic E-state index is 11.9. The van der Waals surface area contributed by atoms with Crippen molar-refractivity contribution >= 4 is 5.91 Å². The zero-order chi connectivity index (χ0) is 13.5. The van der Waals surface area contributed by atoms with E-state index >= 15 is 0 Å². The number of rotatable bonds is 6. The van der Waals surface area contributed by atoms with Gasteiger partial charge in [-0.1, -0.05) is 0 Å². The van der Waals surface area contributed by atoms with Gasteiger partial charge in [-0.15, -0.1) is 0 Å². The number of likely N-dealkylation sites (N-methyl/N-ethyl adjacent to an activating group) is 1. The summed E-state index contributed by atoms with van der Waals surface area (Å²) in [5, 5.41) is 8.48. The molecule has 0 spiro atoms. The lowest BCUT2D eigenvalue weighted by molar-refractivity contribution is -0.130. The third kappa shape index (κ3) is 3.95. The van der Waals surface area contributed by atoms with E-state index < -0.39 is 0 Å². The third-order valence-electron chi connectivity index (χ3n) is 3.24. The van der Waals surface area contributed by atoms with Crippen LogP contribution in [-0.4, -0.2) is 75.4 Å². The molecule has 0 aromatic carbocycles. The molecule has 6 heteroatoms. The molecule has 0 radical (unpaired) electrons. The molecule has 0 bridgehead atoms. The van der Waals surface area contributed by atoms with Crippen LogP contribution in [0.2, 0.25) is 0 Å². The van der Waals surface area contributed by atoms with E-state index in [0.717, 1.165) is 0 Å². The molecule has 6 nitrogen and oxygen atoms in total. The highest BCUT2D eigenvalue weighted by Gasteiger charge is 2.33. The predicted octanol–water partition coefficient (Wildman–Crippen LogP) is -0.296. The van der Waals surface area contributed by atoms with Crippen molar-refractivity contribution in [3.05, 3.63) is 0 Å². The minimum Gasteiger partial charge on any atom is -0.377 e. The van der Waals surface area contributed by atoms with Gasteiger partial charge >= 0.3 is 0 Å². The van der Waals surface area contributed by atoms with E-state index in [2.05, 4.69) is 0 Å². The lowest BCUT2D eigenvalue weighted by Gasteiger charge is -2.20. The minimum atomic E-state index is 0.0206. The van der Waals surface area contributed by atoms with Gasteiger partial charge in [0.05, 0.1) is 31.2 Å². The minimum absolute atomic E-state index is 0.0206. The van der Waals surface area contributed by atoms with Crippen LogP contribution in [0.5, 0.6) is 0 Å². The first kappa shape index (κ1) is 14.9. The zero-order valence-electron chi connectivity index (χ0n) is 11.3. The van der Waals surface area contributed by atoms with Gasteiger partial charge < -0.3 is 14.4 Å². The van der Waals surface area contributed by atoms with Gasteiger partial charge in [-0.25, -0.2) is 0 Å². The van der Waals surface area contributed by atoms with Crippen molar-refractivity contribution in [3.63, 3.8) is 0 Å². The summed E-state index contributed by atoms with van der Waals surface area (Å²) in [6.45, 7) is 2.23. The standard InChI is InChI=1S/C12H21N3O3/c1-14(6-4-5-13)12(16)9-15-7-10(17-2)11(8-15)18-3/h10-11H,4,6-9H2,1-3H3. The molecular weight excluding hydrogens is 234 g/mol. The predicted molar refractivity (Wildman–Crippen MR) is 65.9 cm³/mol. The fraction of sp³-hybridized carbons (Fsp3) is 0.833. The summed E-state index contributed by atoms with van der Waals surface area (Å²) < 4.78 is 10.6. The Hall–Kier alpha value is -1.16. The van der Waals surface area contributed by atoms with E-state index in [1.54, 1.807) is 26.2 Å². The smallest absolute Gasteiger partial charge is 0.236 e. The Labute approximate surface area is 108 Å². The van der Waals surface area contributed by atoms with E-state index in [0.29, 0.717) is 32.6 Å². The molecule has 0 saturated carbocycles. The average Bonchev–Trinajstić information content (AvgIpc) is 2.77. The van der Waals surface area contributed by atoms with Crippen LogP contribution < -0.4 is 0 Å². The second kappa shape index (κ2) is 7.31. The van der Waals surface area contributed by atoms with Crippen molar-refractivity contribution in [1.82, 2.24) is 9.80 Å². The second-order valence-corrected chi connectivity index (χ2v) is 4.47. The van der Waals surface area contributed by atoms with Crippen LogP contribution in [0.1, 0.15) is 6.42 Å².